The minimum absolute atomic E-state index is 0.0220. The van der Waals surface area contributed by atoms with Gasteiger partial charge in [0, 0.05) is 6.54 Å². The number of benzene rings is 1. The van der Waals surface area contributed by atoms with Crippen LogP contribution in [0.3, 0.4) is 0 Å². The van der Waals surface area contributed by atoms with Gasteiger partial charge in [0.1, 0.15) is 0 Å². The van der Waals surface area contributed by atoms with Crippen LogP contribution in [0.5, 0.6) is 0 Å². The molecule has 1 unspecified atom stereocenters. The first-order chi connectivity index (χ1) is 8.00. The lowest BCUT2D eigenvalue weighted by Crippen LogP contribution is -2.48. The molecule has 92 valence electrons. The lowest BCUT2D eigenvalue weighted by molar-refractivity contribution is -0.244. The maximum absolute atomic E-state index is 12.6. The maximum atomic E-state index is 12.6. The molecule has 0 spiro atoms. The van der Waals surface area contributed by atoms with E-state index in [1.54, 1.807) is 30.3 Å². The van der Waals surface area contributed by atoms with Gasteiger partial charge < -0.3 is 0 Å². The molecule has 1 heterocycles. The zero-order chi connectivity index (χ0) is 12.5. The Labute approximate surface area is 97.0 Å². The number of nitrogens with zero attached hydrogens (tertiary/aromatic N) is 1. The number of alkyl halides is 3. The van der Waals surface area contributed by atoms with Crippen LogP contribution in [0.4, 0.5) is 13.2 Å². The Morgan fingerprint density at radius 1 is 1.18 bits per heavy atom. The number of amides is 1. The topological polar surface area (TPSA) is 20.3 Å². The third-order valence-corrected chi connectivity index (χ3v) is 2.95. The Kier molecular flexibility index (Phi) is 3.09. The summed E-state index contributed by atoms with van der Waals surface area (Å²) >= 11 is 0. The van der Waals surface area contributed by atoms with Gasteiger partial charge in [-0.3, -0.25) is 9.69 Å². The SMILES string of the molecule is O=C1C(c2ccccc2)CCCN1C(F)(F)F. The normalized spacial score (nSPS) is 21.7. The van der Waals surface area contributed by atoms with E-state index in [0.717, 1.165) is 0 Å². The third kappa shape index (κ3) is 2.43. The first kappa shape index (κ1) is 12.0. The molecule has 1 saturated heterocycles. The van der Waals surface area contributed by atoms with Crippen LogP contribution in [0.15, 0.2) is 30.3 Å². The second-order valence-corrected chi connectivity index (χ2v) is 4.06. The van der Waals surface area contributed by atoms with Crippen molar-refractivity contribution in [3.8, 4) is 0 Å². The summed E-state index contributed by atoms with van der Waals surface area (Å²) in [5, 5.41) is 0. The molecule has 0 aromatic heterocycles. The van der Waals surface area contributed by atoms with Crippen molar-refractivity contribution >= 4 is 5.91 Å². The molecule has 2 nitrogen and oxygen atoms in total. The van der Waals surface area contributed by atoms with Crippen LogP contribution in [-0.2, 0) is 4.79 Å². The Balaban J connectivity index is 2.23. The molecule has 0 bridgehead atoms. The monoisotopic (exact) mass is 243 g/mol. The molecule has 2 rings (SSSR count). The Morgan fingerprint density at radius 2 is 1.82 bits per heavy atom. The standard InChI is InChI=1S/C12H12F3NO/c13-12(14,15)16-8-4-7-10(11(16)17)9-5-2-1-3-6-9/h1-3,5-6,10H,4,7-8H2. The van der Waals surface area contributed by atoms with Crippen molar-refractivity contribution in [3.63, 3.8) is 0 Å². The van der Waals surface area contributed by atoms with Gasteiger partial charge in [-0.15, -0.1) is 13.2 Å². The van der Waals surface area contributed by atoms with Crippen molar-refractivity contribution in [2.75, 3.05) is 6.54 Å². The van der Waals surface area contributed by atoms with Gasteiger partial charge in [-0.2, -0.15) is 0 Å². The fourth-order valence-corrected chi connectivity index (χ4v) is 2.12. The molecular formula is C12H12F3NO. The van der Waals surface area contributed by atoms with Crippen molar-refractivity contribution < 1.29 is 18.0 Å². The molecule has 0 aliphatic carbocycles. The second-order valence-electron chi connectivity index (χ2n) is 4.06. The second kappa shape index (κ2) is 4.39. The van der Waals surface area contributed by atoms with Crippen LogP contribution < -0.4 is 0 Å². The third-order valence-electron chi connectivity index (χ3n) is 2.95. The van der Waals surface area contributed by atoms with E-state index in [2.05, 4.69) is 0 Å². The summed E-state index contributed by atoms with van der Waals surface area (Å²) in [6.07, 6.45) is -3.70. The van der Waals surface area contributed by atoms with Crippen molar-refractivity contribution in [3.05, 3.63) is 35.9 Å². The zero-order valence-corrected chi connectivity index (χ0v) is 9.07. The lowest BCUT2D eigenvalue weighted by atomic mass is 9.90. The summed E-state index contributed by atoms with van der Waals surface area (Å²) in [5.41, 5.74) is 0.659. The van der Waals surface area contributed by atoms with Crippen molar-refractivity contribution in [2.45, 2.75) is 25.1 Å². The maximum Gasteiger partial charge on any atom is 0.487 e. The fourth-order valence-electron chi connectivity index (χ4n) is 2.12. The summed E-state index contributed by atoms with van der Waals surface area (Å²) in [5.74, 6) is -1.50. The van der Waals surface area contributed by atoms with Gasteiger partial charge in [0.05, 0.1) is 5.92 Å². The van der Waals surface area contributed by atoms with Gasteiger partial charge in [-0.1, -0.05) is 30.3 Å². The van der Waals surface area contributed by atoms with Gasteiger partial charge >= 0.3 is 6.30 Å². The number of carbonyl (C=O) groups excluding carboxylic acids is 1. The summed E-state index contributed by atoms with van der Waals surface area (Å²) < 4.78 is 37.8. The van der Waals surface area contributed by atoms with Crippen LogP contribution in [0, 0.1) is 0 Å². The molecule has 0 radical (unpaired) electrons. The molecule has 1 aliphatic heterocycles. The average Bonchev–Trinajstić information content (AvgIpc) is 2.29. The van der Waals surface area contributed by atoms with Gasteiger partial charge in [-0.05, 0) is 18.4 Å². The van der Waals surface area contributed by atoms with Crippen molar-refractivity contribution in [1.82, 2.24) is 4.90 Å². The Morgan fingerprint density at radius 3 is 2.41 bits per heavy atom. The summed E-state index contributed by atoms with van der Waals surface area (Å²) in [4.78, 5) is 11.8. The van der Waals surface area contributed by atoms with Crippen LogP contribution >= 0.6 is 0 Å². The minimum atomic E-state index is -4.56. The molecule has 17 heavy (non-hydrogen) atoms. The first-order valence-corrected chi connectivity index (χ1v) is 5.43. The van der Waals surface area contributed by atoms with Gasteiger partial charge in [0.15, 0.2) is 0 Å². The highest BCUT2D eigenvalue weighted by atomic mass is 19.4. The number of hydrogen-bond acceptors (Lipinski definition) is 1. The Hall–Kier alpha value is -1.52. The average molecular weight is 243 g/mol. The minimum Gasteiger partial charge on any atom is -0.274 e. The van der Waals surface area contributed by atoms with Crippen LogP contribution in [-0.4, -0.2) is 23.7 Å². The molecule has 0 N–H and O–H groups in total. The fraction of sp³-hybridized carbons (Fsp3) is 0.417. The lowest BCUT2D eigenvalue weighted by Gasteiger charge is -2.33. The highest BCUT2D eigenvalue weighted by Crippen LogP contribution is 2.33. The van der Waals surface area contributed by atoms with Gasteiger partial charge in [0.2, 0.25) is 5.91 Å². The number of halogens is 3. The van der Waals surface area contributed by atoms with E-state index in [1.165, 1.54) is 0 Å². The molecule has 1 aromatic rings. The number of likely N-dealkylation sites (tertiary alicyclic amines) is 1. The van der Waals surface area contributed by atoms with Crippen LogP contribution in [0.25, 0.3) is 0 Å². The van der Waals surface area contributed by atoms with E-state index in [9.17, 15) is 18.0 Å². The molecule has 1 aliphatic rings. The quantitative estimate of drug-likeness (QED) is 0.694. The van der Waals surface area contributed by atoms with Crippen LogP contribution in [0.2, 0.25) is 0 Å². The van der Waals surface area contributed by atoms with E-state index < -0.39 is 18.1 Å². The molecule has 1 fully saturated rings. The summed E-state index contributed by atoms with van der Waals surface area (Å²) in [7, 11) is 0. The molecule has 1 atom stereocenters. The van der Waals surface area contributed by atoms with Crippen LogP contribution in [0.1, 0.15) is 24.3 Å². The molecule has 1 aromatic carbocycles. The number of hydrogen-bond donors (Lipinski definition) is 0. The van der Waals surface area contributed by atoms with E-state index in [-0.39, 0.29) is 11.4 Å². The number of piperidine rings is 1. The number of carbonyl (C=O) groups is 1. The molecular weight excluding hydrogens is 231 g/mol. The first-order valence-electron chi connectivity index (χ1n) is 5.43. The molecule has 1 amide bonds. The highest BCUT2D eigenvalue weighted by molar-refractivity contribution is 5.84. The number of rotatable bonds is 1. The van der Waals surface area contributed by atoms with E-state index in [4.69, 9.17) is 0 Å². The van der Waals surface area contributed by atoms with E-state index >= 15 is 0 Å². The molecule has 5 heteroatoms. The predicted molar refractivity (Wildman–Crippen MR) is 56.2 cm³/mol. The summed E-state index contributed by atoms with van der Waals surface area (Å²) in [6, 6.07) is 8.63. The van der Waals surface area contributed by atoms with Crippen molar-refractivity contribution in [1.29, 1.82) is 0 Å². The highest BCUT2D eigenvalue weighted by Gasteiger charge is 2.45. The zero-order valence-electron chi connectivity index (χ0n) is 9.07. The smallest absolute Gasteiger partial charge is 0.274 e. The predicted octanol–water partition coefficient (Wildman–Crippen LogP) is 2.91. The van der Waals surface area contributed by atoms with Gasteiger partial charge in [0.25, 0.3) is 0 Å². The summed E-state index contributed by atoms with van der Waals surface area (Å²) in [6.45, 7) is -0.230. The van der Waals surface area contributed by atoms with Crippen molar-refractivity contribution in [2.24, 2.45) is 0 Å². The van der Waals surface area contributed by atoms with E-state index in [1.807, 2.05) is 0 Å². The Bertz CT molecular complexity index is 402. The molecule has 0 saturated carbocycles. The van der Waals surface area contributed by atoms with Gasteiger partial charge in [-0.25, -0.2) is 0 Å². The largest absolute Gasteiger partial charge is 0.487 e. The van der Waals surface area contributed by atoms with E-state index in [0.29, 0.717) is 18.4 Å².